The molecule has 12 rings (SSSR count). The van der Waals surface area contributed by atoms with E-state index in [0.717, 1.165) is 91.5 Å². The molecule has 0 unspecified atom stereocenters. The van der Waals surface area contributed by atoms with E-state index < -0.39 is 11.4 Å². The summed E-state index contributed by atoms with van der Waals surface area (Å²) in [5.74, 6) is 2.48. The van der Waals surface area contributed by atoms with E-state index in [0.29, 0.717) is 23.3 Å². The van der Waals surface area contributed by atoms with E-state index >= 15 is 0 Å². The third kappa shape index (κ3) is 8.86. The summed E-state index contributed by atoms with van der Waals surface area (Å²) >= 11 is 7.35. The first-order valence-electron chi connectivity index (χ1n) is 21.6. The summed E-state index contributed by atoms with van der Waals surface area (Å²) in [6.45, 7) is 7.88. The number of fused-ring (bicyclic) bond motifs is 9. The van der Waals surface area contributed by atoms with Crippen molar-refractivity contribution >= 4 is 72.4 Å². The summed E-state index contributed by atoms with van der Waals surface area (Å²) in [4.78, 5) is 74.1. The minimum Gasteiger partial charge on any atom is -0.366 e. The molecule has 12 heterocycles. The fourth-order valence-electron chi connectivity index (χ4n) is 8.71. The summed E-state index contributed by atoms with van der Waals surface area (Å²) in [5, 5.41) is 6.47. The van der Waals surface area contributed by atoms with E-state index in [1.165, 1.54) is 22.7 Å². The molecule has 0 radical (unpaired) electrons. The number of anilines is 5. The quantitative estimate of drug-likeness (QED) is 0.175. The van der Waals surface area contributed by atoms with Crippen LogP contribution in [-0.2, 0) is 0 Å². The van der Waals surface area contributed by atoms with E-state index in [1.54, 1.807) is 66.0 Å². The molecule has 0 aromatic carbocycles. The van der Waals surface area contributed by atoms with Crippen LogP contribution in [0.2, 0.25) is 0 Å². The third-order valence-corrected chi connectivity index (χ3v) is 13.0. The number of carbonyl (C=O) groups is 1. The smallest absolute Gasteiger partial charge is 0.359 e. The molecule has 8 aromatic heterocycles. The monoisotopic (exact) mass is 1020 g/mol. The highest BCUT2D eigenvalue weighted by molar-refractivity contribution is 9.11. The first kappa shape index (κ1) is 43.5. The fourth-order valence-corrected chi connectivity index (χ4v) is 9.77. The molecule has 0 aliphatic carbocycles. The van der Waals surface area contributed by atoms with Gasteiger partial charge in [-0.1, -0.05) is 18.2 Å². The predicted molar refractivity (Wildman–Crippen MR) is 265 cm³/mol. The molecule has 67 heavy (non-hydrogen) atoms. The molecule has 19 heteroatoms. The average Bonchev–Trinajstić information content (AvgIpc) is 3.95. The molecule has 0 saturated carbocycles. The number of hydrogen-bond donors (Lipinski definition) is 2. The van der Waals surface area contributed by atoms with Crippen LogP contribution in [-0.4, -0.2) is 88.1 Å². The Balaban J connectivity index is 0.000000122. The van der Waals surface area contributed by atoms with Crippen molar-refractivity contribution in [1.82, 2.24) is 43.9 Å². The summed E-state index contributed by atoms with van der Waals surface area (Å²) in [6.07, 6.45) is 10.4. The Kier molecular flexibility index (Phi) is 12.0. The lowest BCUT2D eigenvalue weighted by Gasteiger charge is -2.36. The lowest BCUT2D eigenvalue weighted by molar-refractivity contribution is 0.254. The van der Waals surface area contributed by atoms with Gasteiger partial charge in [0.1, 0.15) is 17.3 Å². The molecule has 2 N–H and O–H groups in total. The number of urea groups is 1. The van der Waals surface area contributed by atoms with Crippen LogP contribution >= 0.6 is 31.9 Å². The Morgan fingerprint density at radius 3 is 2.07 bits per heavy atom. The lowest BCUT2D eigenvalue weighted by Crippen LogP contribution is -2.48. The van der Waals surface area contributed by atoms with Gasteiger partial charge in [0, 0.05) is 94.7 Å². The minimum atomic E-state index is -0.634. The zero-order valence-electron chi connectivity index (χ0n) is 36.3. The zero-order chi connectivity index (χ0) is 46.2. The second kappa shape index (κ2) is 18.5. The molecular formula is C48H42Br2N14O3. The van der Waals surface area contributed by atoms with Gasteiger partial charge in [-0.05, 0) is 131 Å². The van der Waals surface area contributed by atoms with Crippen LogP contribution in [0.3, 0.4) is 0 Å². The zero-order valence-corrected chi connectivity index (χ0v) is 39.5. The van der Waals surface area contributed by atoms with Gasteiger partial charge in [0.15, 0.2) is 11.6 Å². The fraction of sp³-hybridized carbons (Fsp3) is 0.208. The molecule has 4 aliphatic heterocycles. The number of rotatable bonds is 4. The molecule has 8 aromatic rings. The molecule has 4 bridgehead atoms. The van der Waals surface area contributed by atoms with E-state index in [4.69, 9.17) is 9.97 Å². The number of aryl methyl sites for hydroxylation is 2. The second-order valence-electron chi connectivity index (χ2n) is 16.3. The highest BCUT2D eigenvalue weighted by atomic mass is 79.9. The largest absolute Gasteiger partial charge is 0.366 e. The average molecular weight is 1020 g/mol. The number of halogens is 2. The van der Waals surface area contributed by atoms with Crippen molar-refractivity contribution in [2.24, 2.45) is 0 Å². The maximum atomic E-state index is 13.2. The van der Waals surface area contributed by atoms with Gasteiger partial charge in [0.05, 0.1) is 28.8 Å². The number of pyridine rings is 7. The maximum absolute atomic E-state index is 13.2. The third-order valence-electron chi connectivity index (χ3n) is 11.8. The van der Waals surface area contributed by atoms with Crippen LogP contribution in [0.25, 0.3) is 34.0 Å². The van der Waals surface area contributed by atoms with Crippen molar-refractivity contribution in [3.05, 3.63) is 163 Å². The van der Waals surface area contributed by atoms with Crippen LogP contribution < -0.4 is 36.7 Å². The van der Waals surface area contributed by atoms with Crippen molar-refractivity contribution < 1.29 is 4.79 Å². The lowest BCUT2D eigenvalue weighted by atomic mass is 10.1. The van der Waals surface area contributed by atoms with E-state index in [-0.39, 0.29) is 17.9 Å². The Morgan fingerprint density at radius 2 is 1.37 bits per heavy atom. The van der Waals surface area contributed by atoms with Gasteiger partial charge in [-0.3, -0.25) is 24.6 Å². The van der Waals surface area contributed by atoms with E-state index in [9.17, 15) is 14.4 Å². The number of hydrogen-bond acceptors (Lipinski definition) is 13. The van der Waals surface area contributed by atoms with Crippen LogP contribution in [0.1, 0.15) is 24.2 Å². The Hall–Kier alpha value is -7.38. The van der Waals surface area contributed by atoms with Crippen LogP contribution in [0.15, 0.2) is 141 Å². The van der Waals surface area contributed by atoms with Gasteiger partial charge in [-0.15, -0.1) is 0 Å². The Morgan fingerprint density at radius 1 is 0.701 bits per heavy atom. The second-order valence-corrected chi connectivity index (χ2v) is 18.0. The van der Waals surface area contributed by atoms with Crippen molar-refractivity contribution in [3.8, 4) is 28.3 Å². The highest BCUT2D eigenvalue weighted by Crippen LogP contribution is 2.44. The van der Waals surface area contributed by atoms with Crippen molar-refractivity contribution in [1.29, 1.82) is 0 Å². The summed E-state index contributed by atoms with van der Waals surface area (Å²) < 4.78 is 4.18. The van der Waals surface area contributed by atoms with Gasteiger partial charge < -0.3 is 15.1 Å². The summed E-state index contributed by atoms with van der Waals surface area (Å²) in [6, 6.07) is 28.1. The molecule has 2 atom stereocenters. The normalized spacial score (nSPS) is 16.2. The molecular weight excluding hydrogens is 980 g/mol. The SMILES string of the molecule is Cc1cc(-c2nc3c(cc2Br)N2CC[C@@H](C2)N3)ccn1.Cc1cc(-c2nc3c(cc2Br)N2CC[C@@H](C2)N3C(=O)Nc2ccccn2)ccn1.O=c1nc2ccccn2c(=O)n1-c1ccccn1. The molecule has 336 valence electrons. The predicted octanol–water partition coefficient (Wildman–Crippen LogP) is 7.70. The molecule has 2 saturated heterocycles. The molecule has 0 spiro atoms. The Labute approximate surface area is 400 Å². The van der Waals surface area contributed by atoms with Gasteiger partial charge in [-0.2, -0.15) is 9.55 Å². The number of carbonyl (C=O) groups excluding carboxylic acids is 1. The first-order valence-corrected chi connectivity index (χ1v) is 23.2. The number of aromatic nitrogens is 9. The van der Waals surface area contributed by atoms with Gasteiger partial charge >= 0.3 is 17.4 Å². The van der Waals surface area contributed by atoms with Crippen LogP contribution in [0.5, 0.6) is 0 Å². The standard InChI is InChI=1S/C21H19BrN6O.C15H15BrN4.C12H8N4O2/c1-13-10-14(5-8-23-13)19-16(22)11-17-20(26-19)28(15-6-9-27(17)12-15)21(29)25-18-4-2-3-7-24-18;1-9-6-10(2-4-17-9)14-12(16)7-13-15(19-14)18-11-3-5-20(13)8-11;17-11-14-10-6-2-4-8-15(10)12(18)16(11)9-5-1-3-7-13-9/h2-5,7-8,10-11,15H,6,9,12H2,1H3,(H,24,25,29);2,4,6-7,11H,3,5,8H2,1H3,(H,18,19);1-8H/t15-;11-;/m00./s1. The maximum Gasteiger partial charge on any atom is 0.359 e. The van der Waals surface area contributed by atoms with Crippen molar-refractivity contribution in [2.75, 3.05) is 51.5 Å². The number of amides is 2. The van der Waals surface area contributed by atoms with Crippen molar-refractivity contribution in [3.63, 3.8) is 0 Å². The highest BCUT2D eigenvalue weighted by Gasteiger charge is 2.41. The number of nitrogens with one attached hydrogen (secondary N) is 2. The topological polar surface area (TPSA) is 185 Å². The van der Waals surface area contributed by atoms with E-state index in [2.05, 4.69) is 95.4 Å². The van der Waals surface area contributed by atoms with Crippen LogP contribution in [0.4, 0.5) is 33.6 Å². The molecule has 4 aliphatic rings. The first-order chi connectivity index (χ1) is 32.6. The van der Waals surface area contributed by atoms with Gasteiger partial charge in [0.25, 0.3) is 0 Å². The van der Waals surface area contributed by atoms with Gasteiger partial charge in [-0.25, -0.2) is 34.3 Å². The molecule has 2 amide bonds. The minimum absolute atomic E-state index is 0.0897. The Bertz CT molecular complexity index is 3280. The van der Waals surface area contributed by atoms with E-state index in [1.807, 2.05) is 50.4 Å². The number of nitrogens with zero attached hydrogens (tertiary/aromatic N) is 12. The summed E-state index contributed by atoms with van der Waals surface area (Å²) in [7, 11) is 0. The van der Waals surface area contributed by atoms with Gasteiger partial charge in [0.2, 0.25) is 0 Å². The molecule has 17 nitrogen and oxygen atoms in total. The van der Waals surface area contributed by atoms with Crippen molar-refractivity contribution in [2.45, 2.75) is 38.8 Å². The summed E-state index contributed by atoms with van der Waals surface area (Å²) in [5.41, 5.74) is 7.14. The molecule has 2 fully saturated rings. The van der Waals surface area contributed by atoms with Crippen LogP contribution in [0, 0.1) is 13.8 Å².